The fourth-order valence-corrected chi connectivity index (χ4v) is 2.43. The van der Waals surface area contributed by atoms with E-state index in [1.165, 1.54) is 12.8 Å². The number of rotatable bonds is 6. The van der Waals surface area contributed by atoms with Crippen LogP contribution >= 0.6 is 0 Å². The van der Waals surface area contributed by atoms with Gasteiger partial charge in [-0.05, 0) is 32.3 Å². The first-order valence-electron chi connectivity index (χ1n) is 6.61. The summed E-state index contributed by atoms with van der Waals surface area (Å²) in [6.45, 7) is 3.83. The van der Waals surface area contributed by atoms with Crippen LogP contribution in [0.15, 0.2) is 18.5 Å². The summed E-state index contributed by atoms with van der Waals surface area (Å²) in [6, 6.07) is 2.36. The molecule has 1 aliphatic rings. The van der Waals surface area contributed by atoms with E-state index in [0.29, 0.717) is 6.04 Å². The molecule has 1 unspecified atom stereocenters. The van der Waals surface area contributed by atoms with Crippen LogP contribution in [-0.2, 0) is 6.54 Å². The lowest BCUT2D eigenvalue weighted by Gasteiger charge is -2.25. The van der Waals surface area contributed by atoms with Gasteiger partial charge >= 0.3 is 0 Å². The number of aryl methyl sites for hydroxylation is 1. The van der Waals surface area contributed by atoms with Gasteiger partial charge in [-0.3, -0.25) is 4.68 Å². The molecule has 0 bridgehead atoms. The Morgan fingerprint density at radius 1 is 1.47 bits per heavy atom. The minimum atomic E-state index is -0.444. The van der Waals surface area contributed by atoms with Crippen molar-refractivity contribution in [3.63, 3.8) is 0 Å². The zero-order chi connectivity index (χ0) is 12.1. The van der Waals surface area contributed by atoms with Crippen LogP contribution < -0.4 is 5.32 Å². The van der Waals surface area contributed by atoms with Crippen LogP contribution in [0.4, 0.5) is 0 Å². The molecule has 0 amide bonds. The summed E-state index contributed by atoms with van der Waals surface area (Å²) in [6.07, 6.45) is 9.06. The highest BCUT2D eigenvalue weighted by molar-refractivity contribution is 4.87. The molecule has 1 saturated carbocycles. The summed E-state index contributed by atoms with van der Waals surface area (Å²) in [5.74, 6) is 0. The van der Waals surface area contributed by atoms with E-state index in [9.17, 15) is 5.11 Å². The fraction of sp³-hybridized carbons (Fsp3) is 0.769. The number of hydrogen-bond donors (Lipinski definition) is 2. The molecule has 0 spiro atoms. The molecule has 17 heavy (non-hydrogen) atoms. The average molecular weight is 237 g/mol. The third-order valence-electron chi connectivity index (χ3n) is 3.66. The molecule has 4 nitrogen and oxygen atoms in total. The van der Waals surface area contributed by atoms with E-state index < -0.39 is 5.60 Å². The second-order valence-electron chi connectivity index (χ2n) is 5.27. The van der Waals surface area contributed by atoms with Crippen LogP contribution in [-0.4, -0.2) is 33.1 Å². The standard InChI is InChI=1S/C13H23N3O/c1-12(5-10-16-9-4-8-15-16)14-11-13(17)6-2-3-7-13/h4,8-9,12,14,17H,2-3,5-7,10-11H2,1H3. The van der Waals surface area contributed by atoms with Crippen molar-refractivity contribution in [2.45, 2.75) is 57.2 Å². The molecule has 1 aliphatic carbocycles. The monoisotopic (exact) mass is 237 g/mol. The molecule has 1 fully saturated rings. The maximum atomic E-state index is 10.2. The van der Waals surface area contributed by atoms with Gasteiger partial charge in [-0.2, -0.15) is 5.10 Å². The number of nitrogens with one attached hydrogen (secondary N) is 1. The van der Waals surface area contributed by atoms with Crippen molar-refractivity contribution >= 4 is 0 Å². The lowest BCUT2D eigenvalue weighted by atomic mass is 10.0. The number of aromatic nitrogens is 2. The maximum Gasteiger partial charge on any atom is 0.0771 e. The van der Waals surface area contributed by atoms with Crippen LogP contribution in [0.2, 0.25) is 0 Å². The Labute approximate surface area is 103 Å². The van der Waals surface area contributed by atoms with E-state index in [4.69, 9.17) is 0 Å². The van der Waals surface area contributed by atoms with E-state index in [0.717, 1.165) is 32.4 Å². The minimum absolute atomic E-state index is 0.420. The molecule has 1 aromatic rings. The minimum Gasteiger partial charge on any atom is -0.389 e. The second kappa shape index (κ2) is 5.65. The smallest absolute Gasteiger partial charge is 0.0771 e. The Morgan fingerprint density at radius 2 is 2.24 bits per heavy atom. The van der Waals surface area contributed by atoms with Gasteiger partial charge in [0.25, 0.3) is 0 Å². The Kier molecular flexibility index (Phi) is 4.18. The van der Waals surface area contributed by atoms with Crippen LogP contribution in [0.1, 0.15) is 39.0 Å². The number of nitrogens with zero attached hydrogens (tertiary/aromatic N) is 2. The lowest BCUT2D eigenvalue weighted by Crippen LogP contribution is -2.42. The van der Waals surface area contributed by atoms with Gasteiger partial charge in [0.15, 0.2) is 0 Å². The van der Waals surface area contributed by atoms with Crippen molar-refractivity contribution in [2.24, 2.45) is 0 Å². The van der Waals surface area contributed by atoms with Crippen molar-refractivity contribution < 1.29 is 5.11 Å². The van der Waals surface area contributed by atoms with Crippen LogP contribution in [0, 0.1) is 0 Å². The Balaban J connectivity index is 1.65. The van der Waals surface area contributed by atoms with Gasteiger partial charge in [0.05, 0.1) is 5.60 Å². The third-order valence-corrected chi connectivity index (χ3v) is 3.66. The van der Waals surface area contributed by atoms with Gasteiger partial charge < -0.3 is 10.4 Å². The van der Waals surface area contributed by atoms with E-state index in [1.807, 2.05) is 16.9 Å². The summed E-state index contributed by atoms with van der Waals surface area (Å²) in [7, 11) is 0. The van der Waals surface area contributed by atoms with E-state index in [1.54, 1.807) is 6.20 Å². The van der Waals surface area contributed by atoms with Crippen LogP contribution in [0.3, 0.4) is 0 Å². The van der Waals surface area contributed by atoms with Gasteiger partial charge in [0.1, 0.15) is 0 Å². The molecule has 0 aliphatic heterocycles. The fourth-order valence-electron chi connectivity index (χ4n) is 2.43. The van der Waals surface area contributed by atoms with Crippen molar-refractivity contribution in [1.82, 2.24) is 15.1 Å². The summed E-state index contributed by atoms with van der Waals surface area (Å²) >= 11 is 0. The highest BCUT2D eigenvalue weighted by atomic mass is 16.3. The molecule has 1 heterocycles. The Morgan fingerprint density at radius 3 is 2.88 bits per heavy atom. The summed E-state index contributed by atoms with van der Waals surface area (Å²) in [4.78, 5) is 0. The van der Waals surface area contributed by atoms with Gasteiger partial charge in [-0.1, -0.05) is 12.8 Å². The Bertz CT molecular complexity index is 317. The predicted octanol–water partition coefficient (Wildman–Crippen LogP) is 1.56. The summed E-state index contributed by atoms with van der Waals surface area (Å²) < 4.78 is 1.95. The van der Waals surface area contributed by atoms with Crippen LogP contribution in [0.5, 0.6) is 0 Å². The molecule has 1 aromatic heterocycles. The van der Waals surface area contributed by atoms with E-state index in [2.05, 4.69) is 17.3 Å². The molecule has 0 saturated heterocycles. The van der Waals surface area contributed by atoms with Gasteiger partial charge in [0.2, 0.25) is 0 Å². The first-order chi connectivity index (χ1) is 8.18. The second-order valence-corrected chi connectivity index (χ2v) is 5.27. The third kappa shape index (κ3) is 3.82. The Hall–Kier alpha value is -0.870. The topological polar surface area (TPSA) is 50.1 Å². The van der Waals surface area contributed by atoms with E-state index in [-0.39, 0.29) is 0 Å². The molecular formula is C13H23N3O. The maximum absolute atomic E-state index is 10.2. The molecule has 2 N–H and O–H groups in total. The highest BCUT2D eigenvalue weighted by Crippen LogP contribution is 2.28. The van der Waals surface area contributed by atoms with Crippen molar-refractivity contribution in [1.29, 1.82) is 0 Å². The molecule has 2 rings (SSSR count). The summed E-state index contributed by atoms with van der Waals surface area (Å²) in [5, 5.41) is 17.8. The largest absolute Gasteiger partial charge is 0.389 e. The first-order valence-corrected chi connectivity index (χ1v) is 6.61. The number of aliphatic hydroxyl groups is 1. The van der Waals surface area contributed by atoms with Crippen molar-refractivity contribution in [3.8, 4) is 0 Å². The molecule has 1 atom stereocenters. The molecule has 96 valence electrons. The summed E-state index contributed by atoms with van der Waals surface area (Å²) in [5.41, 5.74) is -0.444. The normalized spacial score (nSPS) is 20.6. The zero-order valence-corrected chi connectivity index (χ0v) is 10.6. The average Bonchev–Trinajstić information content (AvgIpc) is 2.95. The number of hydrogen-bond acceptors (Lipinski definition) is 3. The molecule has 0 radical (unpaired) electrons. The quantitative estimate of drug-likeness (QED) is 0.789. The van der Waals surface area contributed by atoms with Gasteiger partial charge in [-0.15, -0.1) is 0 Å². The molecule has 0 aromatic carbocycles. The predicted molar refractivity (Wildman–Crippen MR) is 67.7 cm³/mol. The molecule has 4 heteroatoms. The first kappa shape index (κ1) is 12.6. The zero-order valence-electron chi connectivity index (χ0n) is 10.6. The van der Waals surface area contributed by atoms with E-state index >= 15 is 0 Å². The van der Waals surface area contributed by atoms with Crippen molar-refractivity contribution in [3.05, 3.63) is 18.5 Å². The van der Waals surface area contributed by atoms with Gasteiger partial charge in [0, 0.05) is 31.5 Å². The SMILES string of the molecule is CC(CCn1cccn1)NCC1(O)CCCC1. The van der Waals surface area contributed by atoms with Gasteiger partial charge in [-0.25, -0.2) is 0 Å². The highest BCUT2D eigenvalue weighted by Gasteiger charge is 2.30. The van der Waals surface area contributed by atoms with Crippen LogP contribution in [0.25, 0.3) is 0 Å². The molecular weight excluding hydrogens is 214 g/mol. The van der Waals surface area contributed by atoms with Crippen molar-refractivity contribution in [2.75, 3.05) is 6.54 Å². The lowest BCUT2D eigenvalue weighted by molar-refractivity contribution is 0.0449.